The van der Waals surface area contributed by atoms with E-state index in [1.807, 2.05) is 11.3 Å². The maximum Gasteiger partial charge on any atom is 0.0596 e. The highest BCUT2D eigenvalue weighted by Crippen LogP contribution is 2.43. The van der Waals surface area contributed by atoms with Crippen molar-refractivity contribution in [1.82, 2.24) is 4.90 Å². The highest BCUT2D eigenvalue weighted by molar-refractivity contribution is 9.10. The van der Waals surface area contributed by atoms with Crippen molar-refractivity contribution >= 4 is 27.3 Å². The second-order valence-electron chi connectivity index (χ2n) is 4.92. The van der Waals surface area contributed by atoms with Crippen molar-refractivity contribution in [2.24, 2.45) is 5.73 Å². The van der Waals surface area contributed by atoms with E-state index in [1.54, 1.807) is 0 Å². The number of halogens is 1. The van der Waals surface area contributed by atoms with Gasteiger partial charge in [-0.05, 0) is 48.2 Å². The van der Waals surface area contributed by atoms with Crippen LogP contribution < -0.4 is 5.73 Å². The monoisotopic (exact) mass is 300 g/mol. The van der Waals surface area contributed by atoms with Crippen molar-refractivity contribution in [3.63, 3.8) is 0 Å². The van der Waals surface area contributed by atoms with Crippen LogP contribution in [0.3, 0.4) is 0 Å². The molecule has 88 valence electrons. The van der Waals surface area contributed by atoms with Gasteiger partial charge in [-0.2, -0.15) is 0 Å². The Bertz CT molecular complexity index is 380. The van der Waals surface area contributed by atoms with Crippen molar-refractivity contribution in [2.75, 3.05) is 6.54 Å². The van der Waals surface area contributed by atoms with Gasteiger partial charge in [0, 0.05) is 32.9 Å². The number of nitrogens with zero attached hydrogens (tertiary/aromatic N) is 1. The Balaban J connectivity index is 1.90. The smallest absolute Gasteiger partial charge is 0.0596 e. The first-order valence-corrected chi connectivity index (χ1v) is 7.55. The summed E-state index contributed by atoms with van der Waals surface area (Å²) in [5.74, 6) is 0. The van der Waals surface area contributed by atoms with E-state index in [-0.39, 0.29) is 0 Å². The fraction of sp³-hybridized carbons (Fsp3) is 0.667. The molecular weight excluding hydrogens is 284 g/mol. The van der Waals surface area contributed by atoms with Crippen molar-refractivity contribution in [3.8, 4) is 0 Å². The van der Waals surface area contributed by atoms with Crippen LogP contribution in [0.2, 0.25) is 0 Å². The third kappa shape index (κ3) is 1.86. The Morgan fingerprint density at radius 1 is 1.44 bits per heavy atom. The van der Waals surface area contributed by atoms with Gasteiger partial charge in [0.1, 0.15) is 0 Å². The van der Waals surface area contributed by atoms with Gasteiger partial charge in [-0.15, -0.1) is 11.3 Å². The van der Waals surface area contributed by atoms with Crippen molar-refractivity contribution in [1.29, 1.82) is 0 Å². The molecule has 0 bridgehead atoms. The Morgan fingerprint density at radius 3 is 2.75 bits per heavy atom. The minimum atomic E-state index is 0.325. The van der Waals surface area contributed by atoms with E-state index in [2.05, 4.69) is 33.8 Å². The van der Waals surface area contributed by atoms with E-state index in [1.165, 1.54) is 33.6 Å². The third-order valence-corrected chi connectivity index (χ3v) is 5.87. The largest absolute Gasteiger partial charge is 0.326 e. The molecule has 2 nitrogen and oxygen atoms in total. The molecule has 4 heteroatoms. The summed E-state index contributed by atoms with van der Waals surface area (Å²) in [5, 5.41) is 0. The summed E-state index contributed by atoms with van der Waals surface area (Å²) in [6.07, 6.45) is 3.89. The van der Waals surface area contributed by atoms with E-state index in [0.29, 0.717) is 12.1 Å². The predicted molar refractivity (Wildman–Crippen MR) is 71.8 cm³/mol. The van der Waals surface area contributed by atoms with Crippen LogP contribution in [-0.4, -0.2) is 23.5 Å². The van der Waals surface area contributed by atoms with E-state index in [0.717, 1.165) is 12.5 Å². The zero-order chi connectivity index (χ0) is 11.3. The van der Waals surface area contributed by atoms with Crippen LogP contribution in [0.4, 0.5) is 0 Å². The number of thiophene rings is 1. The summed E-state index contributed by atoms with van der Waals surface area (Å²) in [6.45, 7) is 3.35. The standard InChI is InChI=1S/C12H17BrN2S/c1-7-9(13)6-11(16-7)12-10(14)4-5-15(12)8-2-3-8/h6,8,10,12H,2-5,14H2,1H3. The van der Waals surface area contributed by atoms with E-state index < -0.39 is 0 Å². The van der Waals surface area contributed by atoms with Crippen LogP contribution in [0.15, 0.2) is 10.5 Å². The third-order valence-electron chi connectivity index (χ3n) is 3.67. The highest BCUT2D eigenvalue weighted by Gasteiger charge is 2.41. The van der Waals surface area contributed by atoms with Gasteiger partial charge in [0.25, 0.3) is 0 Å². The van der Waals surface area contributed by atoms with Gasteiger partial charge in [-0.25, -0.2) is 0 Å². The van der Waals surface area contributed by atoms with Gasteiger partial charge in [-0.1, -0.05) is 0 Å². The lowest BCUT2D eigenvalue weighted by Gasteiger charge is -2.25. The molecule has 1 saturated heterocycles. The minimum absolute atomic E-state index is 0.325. The molecule has 0 amide bonds. The summed E-state index contributed by atoms with van der Waals surface area (Å²) in [4.78, 5) is 5.44. The SMILES string of the molecule is Cc1sc(C2C(N)CCN2C2CC2)cc1Br. The highest BCUT2D eigenvalue weighted by atomic mass is 79.9. The topological polar surface area (TPSA) is 29.3 Å². The van der Waals surface area contributed by atoms with Gasteiger partial charge >= 0.3 is 0 Å². The van der Waals surface area contributed by atoms with E-state index >= 15 is 0 Å². The van der Waals surface area contributed by atoms with Crippen LogP contribution in [0, 0.1) is 6.92 Å². The number of hydrogen-bond acceptors (Lipinski definition) is 3. The van der Waals surface area contributed by atoms with Crippen LogP contribution in [0.5, 0.6) is 0 Å². The summed E-state index contributed by atoms with van der Waals surface area (Å²) in [5.41, 5.74) is 6.28. The molecule has 2 fully saturated rings. The normalized spacial score (nSPS) is 31.2. The average Bonchev–Trinajstić information content (AvgIpc) is 2.94. The summed E-state index contributed by atoms with van der Waals surface area (Å²) < 4.78 is 1.24. The molecule has 2 atom stereocenters. The van der Waals surface area contributed by atoms with Crippen molar-refractivity contribution < 1.29 is 0 Å². The molecule has 2 aliphatic rings. The Morgan fingerprint density at radius 2 is 2.19 bits per heavy atom. The number of nitrogens with two attached hydrogens (primary N) is 1. The Hall–Kier alpha value is 0.100. The molecule has 0 radical (unpaired) electrons. The maximum absolute atomic E-state index is 6.28. The molecular formula is C12H17BrN2S. The van der Waals surface area contributed by atoms with Crippen LogP contribution in [0.25, 0.3) is 0 Å². The number of aryl methyl sites for hydroxylation is 1. The molecule has 0 aromatic carbocycles. The van der Waals surface area contributed by atoms with Crippen LogP contribution >= 0.6 is 27.3 Å². The van der Waals surface area contributed by atoms with Crippen LogP contribution in [0.1, 0.15) is 35.1 Å². The predicted octanol–water partition coefficient (Wildman–Crippen LogP) is 3.06. The lowest BCUT2D eigenvalue weighted by molar-refractivity contribution is 0.240. The first-order valence-electron chi connectivity index (χ1n) is 5.94. The average molecular weight is 301 g/mol. The maximum atomic E-state index is 6.28. The minimum Gasteiger partial charge on any atom is -0.326 e. The van der Waals surface area contributed by atoms with Crippen molar-refractivity contribution in [3.05, 3.63) is 20.3 Å². The number of likely N-dealkylation sites (tertiary alicyclic amines) is 1. The summed E-state index contributed by atoms with van der Waals surface area (Å²) >= 11 is 5.50. The first-order chi connectivity index (χ1) is 7.66. The second-order valence-corrected chi connectivity index (χ2v) is 7.06. The lowest BCUT2D eigenvalue weighted by atomic mass is 10.1. The van der Waals surface area contributed by atoms with Gasteiger partial charge < -0.3 is 5.73 Å². The quantitative estimate of drug-likeness (QED) is 0.909. The molecule has 3 rings (SSSR count). The van der Waals surface area contributed by atoms with Crippen LogP contribution in [-0.2, 0) is 0 Å². The molecule has 0 spiro atoms. The second kappa shape index (κ2) is 4.09. The number of rotatable bonds is 2. The molecule has 2 heterocycles. The lowest BCUT2D eigenvalue weighted by Crippen LogP contribution is -2.32. The zero-order valence-electron chi connectivity index (χ0n) is 9.45. The van der Waals surface area contributed by atoms with E-state index in [4.69, 9.17) is 5.73 Å². The van der Waals surface area contributed by atoms with Gasteiger partial charge in [0.2, 0.25) is 0 Å². The summed E-state index contributed by atoms with van der Waals surface area (Å²) in [6, 6.07) is 3.89. The van der Waals surface area contributed by atoms with Crippen molar-refractivity contribution in [2.45, 2.75) is 44.3 Å². The number of hydrogen-bond donors (Lipinski definition) is 1. The van der Waals surface area contributed by atoms with E-state index in [9.17, 15) is 0 Å². The molecule has 2 N–H and O–H groups in total. The molecule has 2 unspecified atom stereocenters. The first kappa shape index (κ1) is 11.2. The molecule has 1 aliphatic heterocycles. The molecule has 16 heavy (non-hydrogen) atoms. The fourth-order valence-corrected chi connectivity index (χ4v) is 4.42. The fourth-order valence-electron chi connectivity index (χ4n) is 2.66. The van der Waals surface area contributed by atoms with Gasteiger partial charge in [0.05, 0.1) is 6.04 Å². The Labute approximate surface area is 109 Å². The van der Waals surface area contributed by atoms with Gasteiger partial charge in [-0.3, -0.25) is 4.90 Å². The van der Waals surface area contributed by atoms with Gasteiger partial charge in [0.15, 0.2) is 0 Å². The molecule has 1 aromatic rings. The molecule has 1 aromatic heterocycles. The zero-order valence-corrected chi connectivity index (χ0v) is 11.9. The summed E-state index contributed by atoms with van der Waals surface area (Å²) in [7, 11) is 0. The molecule has 1 aliphatic carbocycles. The Kier molecular flexibility index (Phi) is 2.86. The molecule has 1 saturated carbocycles.